The first-order valence-electron chi connectivity index (χ1n) is 7.91. The quantitative estimate of drug-likeness (QED) is 0.721. The van der Waals surface area contributed by atoms with Crippen LogP contribution in [0.1, 0.15) is 28.3 Å². The number of methoxy groups -OCH3 is 1. The number of hydrogen-bond donors (Lipinski definition) is 1. The van der Waals surface area contributed by atoms with Gasteiger partial charge in [0.1, 0.15) is 24.1 Å². The van der Waals surface area contributed by atoms with Crippen LogP contribution in [0.5, 0.6) is 11.5 Å². The number of hydrogen-bond acceptors (Lipinski definition) is 2. The lowest BCUT2D eigenvalue weighted by atomic mass is 9.82. The van der Waals surface area contributed by atoms with Crippen molar-refractivity contribution in [1.82, 2.24) is 0 Å². The monoisotopic (exact) mass is 375 g/mol. The second-order valence-electron chi connectivity index (χ2n) is 6.85. The minimum absolute atomic E-state index is 0. The fourth-order valence-electron chi connectivity index (χ4n) is 4.19. The summed E-state index contributed by atoms with van der Waals surface area (Å²) in [6.45, 7) is 2.14. The first-order valence-corrected chi connectivity index (χ1v) is 7.91. The molecule has 2 atom stereocenters. The summed E-state index contributed by atoms with van der Waals surface area (Å²) in [5.74, 6) is 1.34. The van der Waals surface area contributed by atoms with Gasteiger partial charge >= 0.3 is 0 Å². The molecule has 0 saturated carbocycles. The van der Waals surface area contributed by atoms with Gasteiger partial charge in [-0.3, -0.25) is 0 Å². The maximum absolute atomic E-state index is 9.76. The Balaban J connectivity index is 0.00000156. The molecule has 1 N–H and O–H groups in total. The average Bonchev–Trinajstić information content (AvgIpc) is 2.52. The van der Waals surface area contributed by atoms with Crippen LogP contribution in [0.25, 0.3) is 0 Å². The van der Waals surface area contributed by atoms with Crippen molar-refractivity contribution in [2.45, 2.75) is 25.4 Å². The molecule has 2 aliphatic rings. The smallest absolute Gasteiger partial charge is 0.119 e. The topological polar surface area (TPSA) is 29.5 Å². The Labute approximate surface area is 147 Å². The van der Waals surface area contributed by atoms with Crippen molar-refractivity contribution in [2.75, 3.05) is 20.7 Å². The predicted octanol–water partition coefficient (Wildman–Crippen LogP) is 0.205. The molecule has 0 fully saturated rings. The van der Waals surface area contributed by atoms with Gasteiger partial charge in [0.2, 0.25) is 0 Å². The lowest BCUT2D eigenvalue weighted by Gasteiger charge is -2.48. The number of quaternary nitrogens is 1. The van der Waals surface area contributed by atoms with Crippen molar-refractivity contribution in [3.63, 3.8) is 0 Å². The number of aromatic hydroxyl groups is 1. The molecule has 0 radical (unpaired) electrons. The Bertz CT molecular complexity index is 746. The van der Waals surface area contributed by atoms with Gasteiger partial charge in [-0.05, 0) is 41.5 Å². The molecule has 23 heavy (non-hydrogen) atoms. The maximum Gasteiger partial charge on any atom is 0.119 e. The summed E-state index contributed by atoms with van der Waals surface area (Å²) in [6.07, 6.45) is 2.14. The van der Waals surface area contributed by atoms with E-state index in [1.54, 1.807) is 7.11 Å². The van der Waals surface area contributed by atoms with Crippen molar-refractivity contribution in [3.05, 3.63) is 58.7 Å². The van der Waals surface area contributed by atoms with E-state index in [4.69, 9.17) is 4.74 Å². The summed E-state index contributed by atoms with van der Waals surface area (Å²) >= 11 is 0. The molecule has 2 aliphatic heterocycles. The number of nitrogens with zero attached hydrogens (tertiary/aromatic N) is 1. The largest absolute Gasteiger partial charge is 1.00 e. The molecule has 2 heterocycles. The van der Waals surface area contributed by atoms with Gasteiger partial charge < -0.3 is 31.3 Å². The predicted molar refractivity (Wildman–Crippen MR) is 86.0 cm³/mol. The third-order valence-electron chi connectivity index (χ3n) is 5.49. The lowest BCUT2D eigenvalue weighted by Crippen LogP contribution is -3.00. The number of phenols is 1. The highest BCUT2D eigenvalue weighted by Gasteiger charge is 2.42. The molecule has 0 bridgehead atoms. The first-order chi connectivity index (χ1) is 10.6. The van der Waals surface area contributed by atoms with Crippen molar-refractivity contribution in [2.24, 2.45) is 0 Å². The van der Waals surface area contributed by atoms with E-state index in [2.05, 4.69) is 31.3 Å². The Morgan fingerprint density at radius 1 is 1.09 bits per heavy atom. The molecule has 3 nitrogen and oxygen atoms in total. The molecular weight excluding hydrogens is 354 g/mol. The number of fused-ring (bicyclic) bond motifs is 4. The van der Waals surface area contributed by atoms with Gasteiger partial charge in [-0.25, -0.2) is 0 Å². The van der Waals surface area contributed by atoms with E-state index < -0.39 is 0 Å². The summed E-state index contributed by atoms with van der Waals surface area (Å²) in [7, 11) is 4.08. The maximum atomic E-state index is 9.76. The van der Waals surface area contributed by atoms with Gasteiger partial charge in [-0.2, -0.15) is 0 Å². The van der Waals surface area contributed by atoms with Crippen LogP contribution in [-0.4, -0.2) is 30.3 Å². The molecule has 0 aromatic heterocycles. The van der Waals surface area contributed by atoms with E-state index in [9.17, 15) is 5.11 Å². The number of phenolic OH excluding ortho intramolecular Hbond substituents is 1. The Morgan fingerprint density at radius 2 is 1.91 bits per heavy atom. The second-order valence-corrected chi connectivity index (χ2v) is 6.85. The summed E-state index contributed by atoms with van der Waals surface area (Å²) in [5.41, 5.74) is 5.58. The summed E-state index contributed by atoms with van der Waals surface area (Å²) in [6, 6.07) is 12.9. The molecule has 2 aromatic rings. The van der Waals surface area contributed by atoms with Crippen LogP contribution in [0.4, 0.5) is 0 Å². The average molecular weight is 376 g/mol. The van der Waals surface area contributed by atoms with Crippen LogP contribution in [-0.2, 0) is 19.4 Å². The minimum Gasteiger partial charge on any atom is -1.00 e. The highest BCUT2D eigenvalue weighted by atomic mass is 79.9. The fraction of sp³-hybridized carbons (Fsp3) is 0.368. The first kappa shape index (κ1) is 16.3. The third-order valence-corrected chi connectivity index (χ3v) is 5.49. The van der Waals surface area contributed by atoms with Crippen LogP contribution in [0.15, 0.2) is 36.4 Å². The Morgan fingerprint density at radius 3 is 2.70 bits per heavy atom. The molecule has 2 unspecified atom stereocenters. The zero-order valence-electron chi connectivity index (χ0n) is 13.6. The van der Waals surface area contributed by atoms with Crippen molar-refractivity contribution in [3.8, 4) is 11.5 Å². The molecule has 2 aromatic carbocycles. The molecule has 0 saturated heterocycles. The van der Waals surface area contributed by atoms with E-state index in [1.807, 2.05) is 12.1 Å². The van der Waals surface area contributed by atoms with Gasteiger partial charge in [0.25, 0.3) is 0 Å². The molecule has 0 aliphatic carbocycles. The molecule has 4 heteroatoms. The second kappa shape index (κ2) is 5.84. The van der Waals surface area contributed by atoms with Crippen LogP contribution in [0.2, 0.25) is 0 Å². The summed E-state index contributed by atoms with van der Waals surface area (Å²) in [5, 5.41) is 9.76. The Hall–Kier alpha value is -1.52. The van der Waals surface area contributed by atoms with Gasteiger partial charge in [0.05, 0.1) is 20.7 Å². The summed E-state index contributed by atoms with van der Waals surface area (Å²) in [4.78, 5) is 0. The fourth-order valence-corrected chi connectivity index (χ4v) is 4.19. The van der Waals surface area contributed by atoms with Crippen molar-refractivity contribution < 1.29 is 31.3 Å². The van der Waals surface area contributed by atoms with Crippen molar-refractivity contribution >= 4 is 0 Å². The number of ether oxygens (including phenoxy) is 1. The number of rotatable bonds is 1. The van der Waals surface area contributed by atoms with Gasteiger partial charge in [0.15, 0.2) is 0 Å². The molecule has 122 valence electrons. The zero-order chi connectivity index (χ0) is 15.3. The number of likely N-dealkylation sites (N-methyl/N-ethyl adjacent to an activating group) is 1. The number of halogens is 1. The minimum atomic E-state index is 0. The molecule has 0 amide bonds. The number of benzene rings is 2. The molecule has 4 rings (SSSR count). The van der Waals surface area contributed by atoms with Gasteiger partial charge in [-0.15, -0.1) is 0 Å². The lowest BCUT2D eigenvalue weighted by molar-refractivity contribution is -0.956. The third kappa shape index (κ3) is 2.64. The SMILES string of the molecule is COc1ccc2c(c1)CC[N+]1(C)Cc3cc(O)ccc3CC21.[Br-]. The van der Waals surface area contributed by atoms with Crippen molar-refractivity contribution in [1.29, 1.82) is 0 Å². The van der Waals surface area contributed by atoms with Gasteiger partial charge in [-0.1, -0.05) is 6.07 Å². The Kier molecular flexibility index (Phi) is 4.15. The van der Waals surface area contributed by atoms with E-state index >= 15 is 0 Å². The standard InChI is InChI=1S/C19H21NO2.BrH/c1-20-8-7-14-10-17(22-2)5-6-18(14)19(20)11-13-3-4-16(21)9-15(13)12-20;/h3-6,9-10,19H,7-8,11-12H2,1-2H3;1H. The highest BCUT2D eigenvalue weighted by molar-refractivity contribution is 5.42. The van der Waals surface area contributed by atoms with Gasteiger partial charge in [0, 0.05) is 24.0 Å². The van der Waals surface area contributed by atoms with E-state index in [0.717, 1.165) is 36.2 Å². The van der Waals surface area contributed by atoms with Crippen LogP contribution >= 0.6 is 0 Å². The zero-order valence-corrected chi connectivity index (χ0v) is 15.1. The molecular formula is C19H22BrNO2. The van der Waals surface area contributed by atoms with E-state index in [0.29, 0.717) is 11.8 Å². The van der Waals surface area contributed by atoms with Crippen LogP contribution < -0.4 is 21.7 Å². The summed E-state index contributed by atoms with van der Waals surface area (Å²) < 4.78 is 6.42. The van der Waals surface area contributed by atoms with E-state index in [-0.39, 0.29) is 17.0 Å². The van der Waals surface area contributed by atoms with Crippen LogP contribution in [0, 0.1) is 0 Å². The highest BCUT2D eigenvalue weighted by Crippen LogP contribution is 2.44. The van der Waals surface area contributed by atoms with E-state index in [1.165, 1.54) is 22.3 Å². The molecule has 0 spiro atoms. The van der Waals surface area contributed by atoms with Crippen LogP contribution in [0.3, 0.4) is 0 Å². The normalized spacial score (nSPS) is 24.7.